The van der Waals surface area contributed by atoms with Gasteiger partial charge in [-0.15, -0.1) is 0 Å². The summed E-state index contributed by atoms with van der Waals surface area (Å²) in [4.78, 5) is 35.8. The van der Waals surface area contributed by atoms with Crippen molar-refractivity contribution in [1.82, 2.24) is 0 Å². The van der Waals surface area contributed by atoms with Gasteiger partial charge in [-0.25, -0.2) is 4.57 Å². The van der Waals surface area contributed by atoms with E-state index in [-0.39, 0.29) is 32.0 Å². The molecule has 0 aliphatic heterocycles. The highest BCUT2D eigenvalue weighted by molar-refractivity contribution is 7.47. The summed E-state index contributed by atoms with van der Waals surface area (Å²) in [6.45, 7) is 4.34. The number of rotatable bonds is 64. The van der Waals surface area contributed by atoms with Gasteiger partial charge in [-0.05, 0) is 109 Å². The maximum absolute atomic E-state index is 12.9. The largest absolute Gasteiger partial charge is 0.472 e. The average molecular weight is 1220 g/mol. The van der Waals surface area contributed by atoms with E-state index >= 15 is 0 Å². The van der Waals surface area contributed by atoms with Crippen molar-refractivity contribution in [2.24, 2.45) is 0 Å². The second kappa shape index (κ2) is 65.8. The number of likely N-dealkylation sites (N-methyl/N-ethyl adjacent to an activating group) is 1. The molecule has 0 aliphatic rings. The first-order valence-corrected chi connectivity index (χ1v) is 36.8. The first-order chi connectivity index (χ1) is 42.0. The second-order valence-electron chi connectivity index (χ2n) is 24.5. The summed E-state index contributed by atoms with van der Waals surface area (Å²) in [5.74, 6) is -0.797. The molecule has 0 radical (unpaired) electrons. The smallest absolute Gasteiger partial charge is 0.462 e. The number of phosphoric acid groups is 1. The molecule has 0 rings (SSSR count). The third-order valence-corrected chi connectivity index (χ3v) is 16.0. The molecule has 494 valence electrons. The van der Waals surface area contributed by atoms with Gasteiger partial charge >= 0.3 is 19.8 Å². The molecule has 0 heterocycles. The molecule has 0 aliphatic carbocycles. The van der Waals surface area contributed by atoms with E-state index in [9.17, 15) is 19.0 Å². The Bertz CT molecular complexity index is 1870. The van der Waals surface area contributed by atoms with Crippen LogP contribution in [0.5, 0.6) is 0 Å². The van der Waals surface area contributed by atoms with Gasteiger partial charge < -0.3 is 18.9 Å². The molecule has 0 fully saturated rings. The summed E-state index contributed by atoms with van der Waals surface area (Å²) < 4.78 is 34.7. The first-order valence-electron chi connectivity index (χ1n) is 35.3. The number of esters is 2. The van der Waals surface area contributed by atoms with Crippen LogP contribution in [0, 0.1) is 0 Å². The first kappa shape index (κ1) is 82.4. The number of phosphoric ester groups is 1. The lowest BCUT2D eigenvalue weighted by molar-refractivity contribution is -0.870. The highest BCUT2D eigenvalue weighted by atomic mass is 31.2. The van der Waals surface area contributed by atoms with Crippen LogP contribution in [-0.4, -0.2) is 74.9 Å². The van der Waals surface area contributed by atoms with Crippen molar-refractivity contribution in [2.75, 3.05) is 47.5 Å². The summed E-state index contributed by atoms with van der Waals surface area (Å²) in [6.07, 6.45) is 94.4. The number of allylic oxidation sites excluding steroid dienone is 20. The lowest BCUT2D eigenvalue weighted by Crippen LogP contribution is -2.37. The van der Waals surface area contributed by atoms with E-state index < -0.39 is 26.5 Å². The molecular weight excluding hydrogens is 1090 g/mol. The second-order valence-corrected chi connectivity index (χ2v) is 26.0. The Kier molecular flexibility index (Phi) is 63.1. The summed E-state index contributed by atoms with van der Waals surface area (Å²) >= 11 is 0. The lowest BCUT2D eigenvalue weighted by atomic mass is 10.0. The molecule has 0 bridgehead atoms. The summed E-state index contributed by atoms with van der Waals surface area (Å²) in [6, 6.07) is 0. The summed E-state index contributed by atoms with van der Waals surface area (Å²) in [5, 5.41) is 0. The third kappa shape index (κ3) is 69.5. The van der Waals surface area contributed by atoms with Crippen LogP contribution in [0.25, 0.3) is 0 Å². The molecule has 10 heteroatoms. The molecule has 0 aromatic carbocycles. The maximum atomic E-state index is 12.9. The highest BCUT2D eigenvalue weighted by Gasteiger charge is 2.27. The summed E-state index contributed by atoms with van der Waals surface area (Å²) in [7, 11) is 1.47. The van der Waals surface area contributed by atoms with Gasteiger partial charge in [-0.2, -0.15) is 0 Å². The van der Waals surface area contributed by atoms with Crippen LogP contribution in [0.2, 0.25) is 0 Å². The van der Waals surface area contributed by atoms with E-state index in [1.54, 1.807) is 0 Å². The van der Waals surface area contributed by atoms with Crippen molar-refractivity contribution in [3.63, 3.8) is 0 Å². The van der Waals surface area contributed by atoms with Gasteiger partial charge in [0, 0.05) is 12.8 Å². The number of hydrogen-bond acceptors (Lipinski definition) is 7. The fourth-order valence-electron chi connectivity index (χ4n) is 9.59. The number of ether oxygens (including phenoxy) is 2. The van der Waals surface area contributed by atoms with Gasteiger partial charge in [0.2, 0.25) is 0 Å². The van der Waals surface area contributed by atoms with Gasteiger partial charge in [0.15, 0.2) is 6.10 Å². The van der Waals surface area contributed by atoms with Crippen molar-refractivity contribution in [3.05, 3.63) is 122 Å². The molecule has 2 atom stereocenters. The summed E-state index contributed by atoms with van der Waals surface area (Å²) in [5.41, 5.74) is 0. The van der Waals surface area contributed by atoms with Crippen molar-refractivity contribution in [3.8, 4) is 0 Å². The van der Waals surface area contributed by atoms with Crippen molar-refractivity contribution in [1.29, 1.82) is 0 Å². The number of unbranched alkanes of at least 4 members (excludes halogenated alkanes) is 30. The molecule has 0 amide bonds. The molecule has 2 unspecified atom stereocenters. The van der Waals surface area contributed by atoms with E-state index in [4.69, 9.17) is 18.5 Å². The molecular formula is C76H133NO8P+. The normalized spacial score (nSPS) is 13.9. The Morgan fingerprint density at radius 2 is 0.663 bits per heavy atom. The minimum Gasteiger partial charge on any atom is -0.462 e. The average Bonchev–Trinajstić information content (AvgIpc) is 3.70. The number of quaternary nitrogens is 1. The third-order valence-electron chi connectivity index (χ3n) is 15.0. The number of carbonyl (C=O) groups excluding carboxylic acids is 2. The zero-order valence-electron chi connectivity index (χ0n) is 56.3. The number of carbonyl (C=O) groups is 2. The Balaban J connectivity index is 4.04. The Morgan fingerprint density at radius 1 is 0.372 bits per heavy atom. The van der Waals surface area contributed by atoms with Gasteiger partial charge in [-0.3, -0.25) is 18.6 Å². The van der Waals surface area contributed by atoms with Crippen LogP contribution in [-0.2, 0) is 32.7 Å². The molecule has 0 aromatic rings. The molecule has 86 heavy (non-hydrogen) atoms. The van der Waals surface area contributed by atoms with Gasteiger partial charge in [0.25, 0.3) is 0 Å². The van der Waals surface area contributed by atoms with E-state index in [1.807, 2.05) is 21.1 Å². The fraction of sp³-hybridized carbons (Fsp3) is 0.711. The SMILES string of the molecule is CC/C=C\C/C=C\C/C=C\C/C=C\C/C=C\C/C=C\C/C=C\C/C=C\C/C=C\CCCCCCCCCCCCCCCC(=O)OC(COC(=O)CCCCCCCCCCC/C=C\CCCCCCCCCC)COP(=O)(O)OCC[N+](C)(C)C. The van der Waals surface area contributed by atoms with E-state index in [0.29, 0.717) is 17.4 Å². The van der Waals surface area contributed by atoms with Crippen LogP contribution < -0.4 is 0 Å². The topological polar surface area (TPSA) is 108 Å². The van der Waals surface area contributed by atoms with Gasteiger partial charge in [-0.1, -0.05) is 296 Å². The highest BCUT2D eigenvalue weighted by Crippen LogP contribution is 2.43. The van der Waals surface area contributed by atoms with Crippen molar-refractivity contribution >= 4 is 19.8 Å². The van der Waals surface area contributed by atoms with Crippen LogP contribution in [0.4, 0.5) is 0 Å². The Labute approximate surface area is 530 Å². The Morgan fingerprint density at radius 3 is 1.00 bits per heavy atom. The monoisotopic (exact) mass is 1220 g/mol. The minimum atomic E-state index is -4.40. The Hall–Kier alpha value is -3.59. The van der Waals surface area contributed by atoms with Crippen molar-refractivity contribution in [2.45, 2.75) is 302 Å². The van der Waals surface area contributed by atoms with E-state index in [1.165, 1.54) is 167 Å². The minimum absolute atomic E-state index is 0.0277. The van der Waals surface area contributed by atoms with Gasteiger partial charge in [0.1, 0.15) is 19.8 Å². The zero-order chi connectivity index (χ0) is 62.6. The molecule has 0 saturated heterocycles. The standard InChI is InChI=1S/C76H132NO8P/c1-6-8-10-12-14-16-18-20-22-24-26-28-29-30-31-32-33-34-35-36-37-38-39-40-41-42-43-44-45-46-47-49-51-53-55-57-59-61-63-65-67-69-76(79)85-74(73-84-86(80,81)83-71-70-77(3,4)5)72-82-75(78)68-66-64-62-60-58-56-54-52-50-48-27-25-23-21-19-17-15-13-11-9-7-2/h8,10,14,16,20,22,25-28,30-31,33-34,36-37,39-40,42-43,74H,6-7,9,11-13,15,17-19,21,23-24,29,32,35,38,41,44-73H2,1-5H3/p+1/b10-8-,16-14-,22-20-,27-25-,28-26-,31-30-,34-33-,37-36-,40-39-,43-42-. The predicted molar refractivity (Wildman–Crippen MR) is 371 cm³/mol. The quantitative estimate of drug-likeness (QED) is 0.0211. The molecule has 0 saturated carbocycles. The lowest BCUT2D eigenvalue weighted by Gasteiger charge is -2.24. The molecule has 9 nitrogen and oxygen atoms in total. The predicted octanol–water partition coefficient (Wildman–Crippen LogP) is 23.0. The molecule has 1 N–H and O–H groups in total. The van der Waals surface area contributed by atoms with Gasteiger partial charge in [0.05, 0.1) is 27.7 Å². The van der Waals surface area contributed by atoms with Crippen LogP contribution >= 0.6 is 7.82 Å². The van der Waals surface area contributed by atoms with Crippen LogP contribution in [0.3, 0.4) is 0 Å². The van der Waals surface area contributed by atoms with Crippen LogP contribution in [0.1, 0.15) is 296 Å². The number of nitrogens with zero attached hydrogens (tertiary/aromatic N) is 1. The molecule has 0 aromatic heterocycles. The van der Waals surface area contributed by atoms with Crippen molar-refractivity contribution < 1.29 is 42.1 Å². The molecule has 0 spiro atoms. The van der Waals surface area contributed by atoms with Crippen LogP contribution in [0.15, 0.2) is 122 Å². The van der Waals surface area contributed by atoms with E-state index in [0.717, 1.165) is 96.3 Å². The number of hydrogen-bond donors (Lipinski definition) is 1. The zero-order valence-corrected chi connectivity index (χ0v) is 57.2. The van der Waals surface area contributed by atoms with E-state index in [2.05, 4.69) is 135 Å². The maximum Gasteiger partial charge on any atom is 0.472 e. The fourth-order valence-corrected chi connectivity index (χ4v) is 10.3.